The summed E-state index contributed by atoms with van der Waals surface area (Å²) in [5.41, 5.74) is 0.550. The number of carboxylic acid groups (broad SMARTS) is 1. The first-order valence-electron chi connectivity index (χ1n) is 5.77. The molecule has 0 aliphatic heterocycles. The average Bonchev–Trinajstić information content (AvgIpc) is 2.30. The molecule has 0 spiro atoms. The Labute approximate surface area is 128 Å². The predicted molar refractivity (Wildman–Crippen MR) is 77.9 cm³/mol. The molecule has 0 aliphatic carbocycles. The second kappa shape index (κ2) is 6.30. The van der Waals surface area contributed by atoms with Crippen molar-refractivity contribution in [1.82, 2.24) is 4.31 Å². The standard InChI is InChI=1S/C12H15Cl2NO4S/c1-7(2)15(6-10(16)17)20(18,19)12-9(13)5-4-8(3)11(12)14/h4-5,7H,6H2,1-3H3,(H,16,17). The van der Waals surface area contributed by atoms with Gasteiger partial charge >= 0.3 is 5.97 Å². The number of halogens is 2. The summed E-state index contributed by atoms with van der Waals surface area (Å²) in [6.07, 6.45) is 0. The fourth-order valence-electron chi connectivity index (χ4n) is 1.66. The van der Waals surface area contributed by atoms with E-state index in [4.69, 9.17) is 28.3 Å². The Morgan fingerprint density at radius 2 is 1.90 bits per heavy atom. The number of carboxylic acids is 1. The Hall–Kier alpha value is -0.820. The van der Waals surface area contributed by atoms with E-state index < -0.39 is 28.6 Å². The van der Waals surface area contributed by atoms with Crippen LogP contribution >= 0.6 is 23.2 Å². The number of benzene rings is 1. The van der Waals surface area contributed by atoms with Crippen LogP contribution in [-0.2, 0) is 14.8 Å². The number of hydrogen-bond acceptors (Lipinski definition) is 3. The lowest BCUT2D eigenvalue weighted by molar-refractivity contribution is -0.137. The zero-order chi connectivity index (χ0) is 15.7. The highest BCUT2D eigenvalue weighted by Crippen LogP contribution is 2.34. The molecular weight excluding hydrogens is 325 g/mol. The number of aliphatic carboxylic acids is 1. The van der Waals surface area contributed by atoms with Crippen LogP contribution in [0.15, 0.2) is 17.0 Å². The summed E-state index contributed by atoms with van der Waals surface area (Å²) in [5.74, 6) is -1.25. The van der Waals surface area contributed by atoms with E-state index >= 15 is 0 Å². The molecule has 1 aromatic carbocycles. The largest absolute Gasteiger partial charge is 0.480 e. The molecule has 112 valence electrons. The second-order valence-electron chi connectivity index (χ2n) is 4.55. The van der Waals surface area contributed by atoms with Crippen LogP contribution in [0.4, 0.5) is 0 Å². The van der Waals surface area contributed by atoms with E-state index in [0.717, 1.165) is 4.31 Å². The summed E-state index contributed by atoms with van der Waals surface area (Å²) < 4.78 is 26.0. The summed E-state index contributed by atoms with van der Waals surface area (Å²) in [6.45, 7) is 4.16. The number of aryl methyl sites for hydroxylation is 1. The molecule has 0 unspecified atom stereocenters. The van der Waals surface area contributed by atoms with Crippen LogP contribution in [0.3, 0.4) is 0 Å². The molecule has 1 N–H and O–H groups in total. The normalized spacial score (nSPS) is 12.2. The zero-order valence-electron chi connectivity index (χ0n) is 11.2. The molecule has 0 saturated heterocycles. The highest BCUT2D eigenvalue weighted by Gasteiger charge is 2.33. The van der Waals surface area contributed by atoms with Crippen LogP contribution in [0.2, 0.25) is 10.0 Å². The van der Waals surface area contributed by atoms with Gasteiger partial charge in [-0.3, -0.25) is 4.79 Å². The first-order valence-corrected chi connectivity index (χ1v) is 7.97. The molecule has 1 aromatic rings. The van der Waals surface area contributed by atoms with Crippen molar-refractivity contribution in [1.29, 1.82) is 0 Å². The number of rotatable bonds is 5. The molecule has 0 radical (unpaired) electrons. The maximum absolute atomic E-state index is 12.6. The van der Waals surface area contributed by atoms with Crippen LogP contribution in [0, 0.1) is 6.92 Å². The minimum absolute atomic E-state index is 0.00791. The lowest BCUT2D eigenvalue weighted by atomic mass is 10.2. The molecule has 0 fully saturated rings. The second-order valence-corrected chi connectivity index (χ2v) is 7.16. The van der Waals surface area contributed by atoms with Crippen molar-refractivity contribution in [2.24, 2.45) is 0 Å². The van der Waals surface area contributed by atoms with Gasteiger partial charge in [0.25, 0.3) is 0 Å². The van der Waals surface area contributed by atoms with E-state index in [1.54, 1.807) is 26.8 Å². The number of hydrogen-bond donors (Lipinski definition) is 1. The van der Waals surface area contributed by atoms with Crippen LogP contribution in [0.1, 0.15) is 19.4 Å². The van der Waals surface area contributed by atoms with Gasteiger partial charge in [-0.05, 0) is 32.4 Å². The lowest BCUT2D eigenvalue weighted by Gasteiger charge is -2.25. The molecule has 0 atom stereocenters. The molecular formula is C12H15Cl2NO4S. The van der Waals surface area contributed by atoms with Gasteiger partial charge in [-0.15, -0.1) is 0 Å². The monoisotopic (exact) mass is 339 g/mol. The topological polar surface area (TPSA) is 74.7 Å². The Morgan fingerprint density at radius 1 is 1.35 bits per heavy atom. The van der Waals surface area contributed by atoms with Crippen molar-refractivity contribution in [3.8, 4) is 0 Å². The molecule has 0 saturated carbocycles. The maximum Gasteiger partial charge on any atom is 0.318 e. The molecule has 1 rings (SSSR count). The SMILES string of the molecule is Cc1ccc(Cl)c(S(=O)(=O)N(CC(=O)O)C(C)C)c1Cl. The third-order valence-corrected chi connectivity index (χ3v) is 5.81. The van der Waals surface area contributed by atoms with Gasteiger partial charge in [0.2, 0.25) is 10.0 Å². The van der Waals surface area contributed by atoms with E-state index in [1.165, 1.54) is 6.07 Å². The lowest BCUT2D eigenvalue weighted by Crippen LogP contribution is -2.40. The highest BCUT2D eigenvalue weighted by atomic mass is 35.5. The first-order chi connectivity index (χ1) is 9.09. The third-order valence-electron chi connectivity index (χ3n) is 2.68. The fraction of sp³-hybridized carbons (Fsp3) is 0.417. The fourth-order valence-corrected chi connectivity index (χ4v) is 4.39. The molecule has 8 heteroatoms. The summed E-state index contributed by atoms with van der Waals surface area (Å²) in [5, 5.41) is 8.84. The van der Waals surface area contributed by atoms with Crippen molar-refractivity contribution in [2.45, 2.75) is 31.7 Å². The van der Waals surface area contributed by atoms with Crippen molar-refractivity contribution >= 4 is 39.2 Å². The van der Waals surface area contributed by atoms with Crippen molar-refractivity contribution in [3.05, 3.63) is 27.7 Å². The molecule has 5 nitrogen and oxygen atoms in total. The number of carbonyl (C=O) groups is 1. The molecule has 20 heavy (non-hydrogen) atoms. The van der Waals surface area contributed by atoms with Crippen molar-refractivity contribution in [2.75, 3.05) is 6.54 Å². The van der Waals surface area contributed by atoms with Gasteiger partial charge in [-0.25, -0.2) is 8.42 Å². The van der Waals surface area contributed by atoms with Crippen LogP contribution < -0.4 is 0 Å². The van der Waals surface area contributed by atoms with Crippen LogP contribution in [0.5, 0.6) is 0 Å². The summed E-state index contributed by atoms with van der Waals surface area (Å²) >= 11 is 12.0. The van der Waals surface area contributed by atoms with Crippen LogP contribution in [-0.4, -0.2) is 36.4 Å². The van der Waals surface area contributed by atoms with E-state index in [-0.39, 0.29) is 14.9 Å². The first kappa shape index (κ1) is 17.2. The summed E-state index contributed by atoms with van der Waals surface area (Å²) in [7, 11) is -4.09. The Morgan fingerprint density at radius 3 is 2.35 bits per heavy atom. The van der Waals surface area contributed by atoms with Crippen molar-refractivity contribution < 1.29 is 18.3 Å². The summed E-state index contributed by atoms with van der Waals surface area (Å²) in [6, 6.07) is 2.49. The average molecular weight is 340 g/mol. The highest BCUT2D eigenvalue weighted by molar-refractivity contribution is 7.89. The van der Waals surface area contributed by atoms with Gasteiger partial charge in [-0.2, -0.15) is 4.31 Å². The van der Waals surface area contributed by atoms with Gasteiger partial charge in [0, 0.05) is 6.04 Å². The smallest absolute Gasteiger partial charge is 0.318 e. The Balaban J connectivity index is 3.49. The van der Waals surface area contributed by atoms with Gasteiger partial charge in [0.1, 0.15) is 11.4 Å². The van der Waals surface area contributed by atoms with E-state index in [1.807, 2.05) is 0 Å². The molecule has 0 amide bonds. The van der Waals surface area contributed by atoms with Gasteiger partial charge in [-0.1, -0.05) is 29.3 Å². The van der Waals surface area contributed by atoms with E-state index in [0.29, 0.717) is 5.56 Å². The van der Waals surface area contributed by atoms with Crippen LogP contribution in [0.25, 0.3) is 0 Å². The predicted octanol–water partition coefficient (Wildman–Crippen LogP) is 2.79. The quantitative estimate of drug-likeness (QED) is 0.894. The number of sulfonamides is 1. The maximum atomic E-state index is 12.6. The molecule has 0 aliphatic rings. The zero-order valence-corrected chi connectivity index (χ0v) is 13.6. The van der Waals surface area contributed by atoms with E-state index in [2.05, 4.69) is 0 Å². The van der Waals surface area contributed by atoms with Gasteiger partial charge in [0.05, 0.1) is 10.0 Å². The van der Waals surface area contributed by atoms with E-state index in [9.17, 15) is 13.2 Å². The molecule has 0 bridgehead atoms. The summed E-state index contributed by atoms with van der Waals surface area (Å²) in [4.78, 5) is 10.6. The Bertz CT molecular complexity index is 629. The minimum Gasteiger partial charge on any atom is -0.480 e. The number of nitrogens with zero attached hydrogens (tertiary/aromatic N) is 1. The minimum atomic E-state index is -4.09. The Kier molecular flexibility index (Phi) is 5.43. The van der Waals surface area contributed by atoms with Gasteiger partial charge in [0.15, 0.2) is 0 Å². The van der Waals surface area contributed by atoms with Crippen molar-refractivity contribution in [3.63, 3.8) is 0 Å². The molecule has 0 aromatic heterocycles. The third kappa shape index (κ3) is 3.44. The van der Waals surface area contributed by atoms with Gasteiger partial charge < -0.3 is 5.11 Å². The molecule has 0 heterocycles.